The van der Waals surface area contributed by atoms with Crippen molar-refractivity contribution in [2.45, 2.75) is 28.5 Å². The molecule has 13 heteroatoms. The molecule has 0 spiro atoms. The second kappa shape index (κ2) is 9.95. The molecule has 2 aliphatic carbocycles. The van der Waals surface area contributed by atoms with Crippen LogP contribution < -0.4 is 9.80 Å². The van der Waals surface area contributed by atoms with Crippen LogP contribution in [0.4, 0.5) is 21.5 Å². The first-order chi connectivity index (χ1) is 21.4. The van der Waals surface area contributed by atoms with Crippen LogP contribution in [0.25, 0.3) is 0 Å². The first kappa shape index (κ1) is 29.1. The van der Waals surface area contributed by atoms with Gasteiger partial charge in [0.15, 0.2) is 9.75 Å². The van der Waals surface area contributed by atoms with Crippen molar-refractivity contribution in [2.24, 2.45) is 17.8 Å². The van der Waals surface area contributed by atoms with Crippen molar-refractivity contribution in [1.82, 2.24) is 0 Å². The van der Waals surface area contributed by atoms with Gasteiger partial charge in [0, 0.05) is 18.1 Å². The number of imide groups is 2. The summed E-state index contributed by atoms with van der Waals surface area (Å²) in [4.78, 5) is 64.6. The van der Waals surface area contributed by atoms with Gasteiger partial charge >= 0.3 is 0 Å². The Hall–Kier alpha value is -4.61. The number of nitro benzene ring substituents is 1. The number of nitrogens with zero attached hydrogens (tertiary/aromatic N) is 3. The Morgan fingerprint density at radius 2 is 1.58 bits per heavy atom. The molecule has 0 bridgehead atoms. The summed E-state index contributed by atoms with van der Waals surface area (Å²) in [5.74, 6) is -7.45. The molecule has 3 aromatic rings. The normalized spacial score (nSPS) is 30.6. The minimum Gasteiger partial charge on any atom is -0.508 e. The van der Waals surface area contributed by atoms with Crippen LogP contribution in [0.3, 0.4) is 0 Å². The highest BCUT2D eigenvalue weighted by atomic mass is 35.5. The molecule has 2 saturated heterocycles. The summed E-state index contributed by atoms with van der Waals surface area (Å²) in [5.41, 5.74) is 0.661. The number of halogens is 3. The summed E-state index contributed by atoms with van der Waals surface area (Å²) in [6.07, 6.45) is 1.54. The van der Waals surface area contributed by atoms with Gasteiger partial charge in [0.2, 0.25) is 11.8 Å². The van der Waals surface area contributed by atoms with Crippen LogP contribution in [0.15, 0.2) is 84.4 Å². The van der Waals surface area contributed by atoms with Gasteiger partial charge in [0.25, 0.3) is 17.5 Å². The summed E-state index contributed by atoms with van der Waals surface area (Å²) in [7, 11) is 0. The van der Waals surface area contributed by atoms with E-state index in [0.717, 1.165) is 28.0 Å². The highest BCUT2D eigenvalue weighted by Gasteiger charge is 2.76. The molecule has 6 atom stereocenters. The van der Waals surface area contributed by atoms with Crippen molar-refractivity contribution >= 4 is 63.9 Å². The molecule has 0 aromatic heterocycles. The monoisotopic (exact) mass is 649 g/mol. The van der Waals surface area contributed by atoms with E-state index in [1.165, 1.54) is 42.5 Å². The van der Waals surface area contributed by atoms with Gasteiger partial charge < -0.3 is 5.11 Å². The van der Waals surface area contributed by atoms with E-state index in [2.05, 4.69) is 0 Å². The lowest BCUT2D eigenvalue weighted by Gasteiger charge is -2.50. The topological polar surface area (TPSA) is 138 Å². The lowest BCUT2D eigenvalue weighted by Crippen LogP contribution is -2.60. The molecule has 2 aliphatic heterocycles. The van der Waals surface area contributed by atoms with Gasteiger partial charge in [-0.3, -0.25) is 29.3 Å². The average molecular weight is 650 g/mol. The third-order valence-electron chi connectivity index (χ3n) is 9.40. The zero-order chi connectivity index (χ0) is 32.0. The molecule has 6 unspecified atom stereocenters. The van der Waals surface area contributed by atoms with Crippen LogP contribution >= 0.6 is 23.2 Å². The predicted octanol–water partition coefficient (Wildman–Crippen LogP) is 5.21. The quantitative estimate of drug-likeness (QED) is 0.135. The van der Waals surface area contributed by atoms with Crippen molar-refractivity contribution in [1.29, 1.82) is 0 Å². The average Bonchev–Trinajstić information content (AvgIpc) is 3.35. The van der Waals surface area contributed by atoms with Crippen molar-refractivity contribution in [3.8, 4) is 5.75 Å². The lowest BCUT2D eigenvalue weighted by molar-refractivity contribution is -0.384. The van der Waals surface area contributed by atoms with Crippen LogP contribution in [0.2, 0.25) is 0 Å². The maximum Gasteiger partial charge on any atom is 0.271 e. The van der Waals surface area contributed by atoms with E-state index < -0.39 is 67.8 Å². The number of nitro groups is 1. The van der Waals surface area contributed by atoms with Crippen molar-refractivity contribution in [2.75, 3.05) is 9.80 Å². The molecule has 4 aliphatic rings. The molecule has 228 valence electrons. The van der Waals surface area contributed by atoms with Crippen LogP contribution in [0.1, 0.15) is 24.3 Å². The number of benzene rings is 3. The van der Waals surface area contributed by atoms with Crippen LogP contribution in [-0.2, 0) is 19.2 Å². The number of phenols is 1. The Balaban J connectivity index is 1.38. The number of rotatable bonds is 4. The van der Waals surface area contributed by atoms with Gasteiger partial charge in [-0.15, -0.1) is 23.2 Å². The molecular formula is C32H22Cl2FN3O7. The SMILES string of the molecule is O=C1C2CC=C3C(CC4(Cl)C(=O)N(c5ccc(F)cc5)C(=O)C4(Cl)C3c3cccc(O)c3)C2C(=O)N1c1cccc([N+](=O)[O-])c1. The third-order valence-corrected chi connectivity index (χ3v) is 10.8. The Morgan fingerprint density at radius 1 is 0.867 bits per heavy atom. The summed E-state index contributed by atoms with van der Waals surface area (Å²) in [6.45, 7) is 0. The number of fused-ring (bicyclic) bond motifs is 4. The number of amides is 4. The Kier molecular flexibility index (Phi) is 6.44. The van der Waals surface area contributed by atoms with Gasteiger partial charge in [-0.1, -0.05) is 29.8 Å². The van der Waals surface area contributed by atoms with E-state index in [1.54, 1.807) is 18.2 Å². The highest BCUT2D eigenvalue weighted by molar-refractivity contribution is 6.58. The van der Waals surface area contributed by atoms with Gasteiger partial charge in [-0.25, -0.2) is 14.2 Å². The summed E-state index contributed by atoms with van der Waals surface area (Å²) < 4.78 is 13.8. The van der Waals surface area contributed by atoms with Crippen LogP contribution in [0.5, 0.6) is 5.75 Å². The van der Waals surface area contributed by atoms with E-state index in [4.69, 9.17) is 23.2 Å². The van der Waals surface area contributed by atoms with E-state index in [0.29, 0.717) is 11.1 Å². The van der Waals surface area contributed by atoms with Gasteiger partial charge in [-0.2, -0.15) is 0 Å². The Labute approximate surface area is 264 Å². The molecule has 3 aromatic carbocycles. The smallest absolute Gasteiger partial charge is 0.271 e. The summed E-state index contributed by atoms with van der Waals surface area (Å²) >= 11 is 14.6. The first-order valence-electron chi connectivity index (χ1n) is 14.0. The third kappa shape index (κ3) is 3.93. The highest BCUT2D eigenvalue weighted by Crippen LogP contribution is 2.66. The number of alkyl halides is 2. The van der Waals surface area contributed by atoms with Crippen LogP contribution in [-0.4, -0.2) is 43.4 Å². The minimum atomic E-state index is -2.13. The molecule has 10 nitrogen and oxygen atoms in total. The van der Waals surface area contributed by atoms with Crippen molar-refractivity contribution < 1.29 is 33.6 Å². The number of anilines is 2. The van der Waals surface area contributed by atoms with E-state index >= 15 is 0 Å². The molecule has 4 amide bonds. The number of hydrogen-bond donors (Lipinski definition) is 1. The minimum absolute atomic E-state index is 0.0392. The maximum absolute atomic E-state index is 14.3. The van der Waals surface area contributed by atoms with Crippen LogP contribution in [0, 0.1) is 33.7 Å². The molecule has 1 saturated carbocycles. The molecule has 1 N–H and O–H groups in total. The van der Waals surface area contributed by atoms with Gasteiger partial charge in [0.05, 0.1) is 28.1 Å². The van der Waals surface area contributed by atoms with E-state index in [1.807, 2.05) is 0 Å². The maximum atomic E-state index is 14.3. The molecule has 2 heterocycles. The summed E-state index contributed by atoms with van der Waals surface area (Å²) in [5, 5.41) is 21.8. The van der Waals surface area contributed by atoms with E-state index in [-0.39, 0.29) is 35.7 Å². The second-order valence-electron chi connectivity index (χ2n) is 11.6. The van der Waals surface area contributed by atoms with Gasteiger partial charge in [0.1, 0.15) is 11.6 Å². The fourth-order valence-electron chi connectivity index (χ4n) is 7.48. The van der Waals surface area contributed by atoms with Crippen molar-refractivity contribution in [3.63, 3.8) is 0 Å². The molecule has 0 radical (unpaired) electrons. The molecule has 7 rings (SSSR count). The number of carbonyl (C=O) groups is 4. The summed E-state index contributed by atoms with van der Waals surface area (Å²) in [6, 6.07) is 15.9. The Bertz CT molecular complexity index is 1880. The zero-order valence-corrected chi connectivity index (χ0v) is 24.6. The van der Waals surface area contributed by atoms with Gasteiger partial charge in [-0.05, 0) is 66.8 Å². The standard InChI is InChI=1S/C32H22Cl2FN3O7/c33-31-15-24-22(11-12-23-25(24)28(41)36(27(23)40)19-4-2-5-20(14-19)38(44)45)26(16-3-1-6-21(39)13-16)32(31,34)30(43)37(29(31)42)18-9-7-17(35)8-10-18/h1-11,13-14,23-26,39H,12,15H2. The number of non-ortho nitro benzene ring substituents is 1. The fraction of sp³-hybridized carbons (Fsp3) is 0.250. The fourth-order valence-corrected chi connectivity index (χ4v) is 8.41. The Morgan fingerprint density at radius 3 is 2.27 bits per heavy atom. The predicted molar refractivity (Wildman–Crippen MR) is 160 cm³/mol. The molecular weight excluding hydrogens is 628 g/mol. The number of phenolic OH excluding ortho intramolecular Hbond substituents is 1. The van der Waals surface area contributed by atoms with E-state index in [9.17, 15) is 38.8 Å². The lowest BCUT2D eigenvalue weighted by atomic mass is 9.56. The van der Waals surface area contributed by atoms with Crippen molar-refractivity contribution in [3.05, 3.63) is 106 Å². The first-order valence-corrected chi connectivity index (χ1v) is 14.8. The second-order valence-corrected chi connectivity index (χ2v) is 12.9. The molecule has 45 heavy (non-hydrogen) atoms. The largest absolute Gasteiger partial charge is 0.508 e. The number of allylic oxidation sites excluding steroid dienone is 2. The zero-order valence-electron chi connectivity index (χ0n) is 23.1. The molecule has 3 fully saturated rings. The number of hydrogen-bond acceptors (Lipinski definition) is 7. The number of aromatic hydroxyl groups is 1. The number of carbonyl (C=O) groups excluding carboxylic acids is 4.